The van der Waals surface area contributed by atoms with E-state index in [1.165, 1.54) is 12.3 Å². The van der Waals surface area contributed by atoms with Crippen LogP contribution >= 0.6 is 0 Å². The van der Waals surface area contributed by atoms with E-state index in [0.29, 0.717) is 18.7 Å². The summed E-state index contributed by atoms with van der Waals surface area (Å²) in [7, 11) is -1.35. The molecule has 0 amide bonds. The highest BCUT2D eigenvalue weighted by Crippen LogP contribution is 2.40. The van der Waals surface area contributed by atoms with Gasteiger partial charge in [0, 0.05) is 43.7 Å². The van der Waals surface area contributed by atoms with E-state index < -0.39 is 26.0 Å². The summed E-state index contributed by atoms with van der Waals surface area (Å²) < 4.78 is 47.1. The molecule has 1 aromatic heterocycles. The summed E-state index contributed by atoms with van der Waals surface area (Å²) in [6.45, 7) is 11.1. The Morgan fingerprint density at radius 3 is 2.05 bits per heavy atom. The van der Waals surface area contributed by atoms with Crippen LogP contribution in [0.3, 0.4) is 0 Å². The number of ether oxygens (including phenoxy) is 1. The Labute approximate surface area is 258 Å². The number of nitrogens with zero attached hydrogens (tertiary/aromatic N) is 4. The SMILES string of the molecule is C[C@@H]1CN(c2c(CO[Si](c3ccccc3)(c3ccccc3)C(C)(C)C)cc(C(N=O)c3nccn3C)c(F)c2F)C[C@H](C)O1. The average Bonchev–Trinajstić information content (AvgIpc) is 3.41. The van der Waals surface area contributed by atoms with Gasteiger partial charge >= 0.3 is 0 Å². The number of hydrogen-bond donors (Lipinski definition) is 0. The number of benzene rings is 3. The van der Waals surface area contributed by atoms with E-state index in [0.717, 1.165) is 10.4 Å². The molecular weight excluding hydrogens is 578 g/mol. The number of hydrogen-bond acceptors (Lipinski definition) is 6. The summed E-state index contributed by atoms with van der Waals surface area (Å²) in [5, 5.41) is 5.01. The second-order valence-electron chi connectivity index (χ2n) is 12.6. The largest absolute Gasteiger partial charge is 0.403 e. The lowest BCUT2D eigenvalue weighted by atomic mass is 9.99. The smallest absolute Gasteiger partial charge is 0.261 e. The minimum atomic E-state index is -3.04. The van der Waals surface area contributed by atoms with Crippen molar-refractivity contribution >= 4 is 24.4 Å². The molecule has 3 aromatic carbocycles. The topological polar surface area (TPSA) is 69.0 Å². The maximum absolute atomic E-state index is 16.4. The zero-order valence-corrected chi connectivity index (χ0v) is 27.1. The van der Waals surface area contributed by atoms with Gasteiger partial charge in [-0.1, -0.05) is 86.6 Å². The molecule has 2 heterocycles. The van der Waals surface area contributed by atoms with Gasteiger partial charge in [0.05, 0.1) is 24.5 Å². The fourth-order valence-electron chi connectivity index (χ4n) is 6.53. The van der Waals surface area contributed by atoms with Crippen molar-refractivity contribution in [2.45, 2.75) is 64.5 Å². The van der Waals surface area contributed by atoms with Crippen LogP contribution in [0.5, 0.6) is 0 Å². The fraction of sp³-hybridized carbons (Fsp3) is 0.382. The molecule has 4 aromatic rings. The quantitative estimate of drug-likeness (QED) is 0.164. The van der Waals surface area contributed by atoms with Crippen molar-refractivity contribution in [1.29, 1.82) is 0 Å². The monoisotopic (exact) mass is 618 g/mol. The number of morpholine rings is 1. The third kappa shape index (κ3) is 5.86. The van der Waals surface area contributed by atoms with Crippen LogP contribution in [-0.4, -0.2) is 43.2 Å². The number of anilines is 1. The molecule has 1 fully saturated rings. The standard InChI is InChI=1S/C34H40F2N4O3Si/c1-23-20-40(21-24(2)43-23)32-25(19-28(29(35)30(32)36)31(38-41)33-37-17-18-39(33)6)22-42-44(34(3,4)5,26-13-9-7-10-14-26)27-15-11-8-12-16-27/h7-19,23-24,31H,20-22H2,1-6H3/t23-,24+,31?. The van der Waals surface area contributed by atoms with Crippen molar-refractivity contribution in [3.05, 3.63) is 113 Å². The van der Waals surface area contributed by atoms with Crippen LogP contribution in [0.1, 0.15) is 57.6 Å². The van der Waals surface area contributed by atoms with E-state index in [2.05, 4.69) is 55.2 Å². The number of nitroso groups, excluding NO2 is 1. The van der Waals surface area contributed by atoms with E-state index >= 15 is 8.78 Å². The molecule has 0 N–H and O–H groups in total. The molecule has 0 saturated carbocycles. The maximum Gasteiger partial charge on any atom is 0.261 e. The van der Waals surface area contributed by atoms with E-state index in [-0.39, 0.29) is 40.9 Å². The number of aromatic nitrogens is 2. The summed E-state index contributed by atoms with van der Waals surface area (Å²) in [6, 6.07) is 20.5. The van der Waals surface area contributed by atoms with Crippen LogP contribution in [0.4, 0.5) is 14.5 Å². The van der Waals surface area contributed by atoms with E-state index in [1.807, 2.05) is 55.1 Å². The zero-order valence-electron chi connectivity index (χ0n) is 26.1. The molecule has 7 nitrogen and oxygen atoms in total. The first-order chi connectivity index (χ1) is 21.0. The van der Waals surface area contributed by atoms with Gasteiger partial charge in [-0.25, -0.2) is 13.8 Å². The highest BCUT2D eigenvalue weighted by molar-refractivity contribution is 6.99. The zero-order chi connectivity index (χ0) is 31.6. The molecule has 232 valence electrons. The van der Waals surface area contributed by atoms with Crippen molar-refractivity contribution in [1.82, 2.24) is 9.55 Å². The van der Waals surface area contributed by atoms with E-state index in [1.54, 1.807) is 17.8 Å². The van der Waals surface area contributed by atoms with Crippen molar-refractivity contribution in [2.75, 3.05) is 18.0 Å². The third-order valence-corrected chi connectivity index (χ3v) is 13.4. The average molecular weight is 619 g/mol. The second-order valence-corrected chi connectivity index (χ2v) is 16.9. The molecule has 1 unspecified atom stereocenters. The van der Waals surface area contributed by atoms with E-state index in [4.69, 9.17) is 9.16 Å². The molecule has 0 bridgehead atoms. The molecule has 10 heteroatoms. The van der Waals surface area contributed by atoms with Gasteiger partial charge in [-0.05, 0) is 35.3 Å². The van der Waals surface area contributed by atoms with Crippen molar-refractivity contribution in [3.8, 4) is 0 Å². The Balaban J connectivity index is 1.70. The summed E-state index contributed by atoms with van der Waals surface area (Å²) >= 11 is 0. The Bertz CT molecular complexity index is 1540. The van der Waals surface area contributed by atoms with Gasteiger partial charge in [0.1, 0.15) is 5.82 Å². The maximum atomic E-state index is 16.4. The summed E-state index contributed by atoms with van der Waals surface area (Å²) in [4.78, 5) is 18.2. The predicted octanol–water partition coefficient (Wildman–Crippen LogP) is 6.24. The molecule has 3 atom stereocenters. The first-order valence-electron chi connectivity index (χ1n) is 14.9. The van der Waals surface area contributed by atoms with Gasteiger partial charge in [0.2, 0.25) is 0 Å². The molecular formula is C34H40F2N4O3Si. The first-order valence-corrected chi connectivity index (χ1v) is 16.8. The first kappa shape index (κ1) is 31.7. The number of aryl methyl sites for hydroxylation is 1. The molecule has 0 spiro atoms. The number of imidazole rings is 1. The molecule has 1 aliphatic heterocycles. The van der Waals surface area contributed by atoms with Gasteiger partial charge in [-0.2, -0.15) is 0 Å². The molecule has 1 saturated heterocycles. The molecule has 0 aliphatic carbocycles. The van der Waals surface area contributed by atoms with Gasteiger partial charge in [0.25, 0.3) is 8.32 Å². The second kappa shape index (κ2) is 12.7. The van der Waals surface area contributed by atoms with Crippen LogP contribution in [0.25, 0.3) is 0 Å². The van der Waals surface area contributed by atoms with Crippen molar-refractivity contribution in [3.63, 3.8) is 0 Å². The number of halogens is 2. The van der Waals surface area contributed by atoms with Crippen LogP contribution in [0, 0.1) is 16.5 Å². The lowest BCUT2D eigenvalue weighted by Crippen LogP contribution is -2.66. The summed E-state index contributed by atoms with van der Waals surface area (Å²) in [5.41, 5.74) is 0.387. The minimum Gasteiger partial charge on any atom is -0.403 e. The Morgan fingerprint density at radius 2 is 1.57 bits per heavy atom. The fourth-order valence-corrected chi connectivity index (χ4v) is 11.1. The Morgan fingerprint density at radius 1 is 1.00 bits per heavy atom. The lowest BCUT2D eigenvalue weighted by Gasteiger charge is -2.43. The number of rotatable bonds is 9. The summed E-state index contributed by atoms with van der Waals surface area (Å²) in [5.74, 6) is -1.93. The van der Waals surface area contributed by atoms with Crippen LogP contribution in [-0.2, 0) is 22.8 Å². The van der Waals surface area contributed by atoms with Gasteiger partial charge in [0.15, 0.2) is 17.7 Å². The minimum absolute atomic E-state index is 0.0148. The van der Waals surface area contributed by atoms with Gasteiger partial charge in [-0.15, -0.1) is 4.91 Å². The molecule has 0 radical (unpaired) electrons. The van der Waals surface area contributed by atoms with Crippen molar-refractivity contribution < 1.29 is 17.9 Å². The summed E-state index contributed by atoms with van der Waals surface area (Å²) in [6.07, 6.45) is 2.76. The predicted molar refractivity (Wildman–Crippen MR) is 172 cm³/mol. The van der Waals surface area contributed by atoms with Crippen LogP contribution in [0.15, 0.2) is 84.3 Å². The third-order valence-electron chi connectivity index (χ3n) is 8.39. The van der Waals surface area contributed by atoms with Gasteiger partial charge in [-0.3, -0.25) is 0 Å². The normalized spacial score (nSPS) is 18.3. The molecule has 5 rings (SSSR count). The Hall–Kier alpha value is -3.73. The Kier molecular flexibility index (Phi) is 9.15. The van der Waals surface area contributed by atoms with Crippen molar-refractivity contribution in [2.24, 2.45) is 12.2 Å². The highest BCUT2D eigenvalue weighted by atomic mass is 28.4. The van der Waals surface area contributed by atoms with E-state index in [9.17, 15) is 4.91 Å². The van der Waals surface area contributed by atoms with Crippen LogP contribution < -0.4 is 15.3 Å². The molecule has 44 heavy (non-hydrogen) atoms. The van der Waals surface area contributed by atoms with Crippen LogP contribution in [0.2, 0.25) is 5.04 Å². The molecule has 1 aliphatic rings. The lowest BCUT2D eigenvalue weighted by molar-refractivity contribution is -0.00553. The highest BCUT2D eigenvalue weighted by Gasteiger charge is 2.50. The van der Waals surface area contributed by atoms with Gasteiger partial charge < -0.3 is 18.6 Å².